The largest absolute Gasteiger partial charge is 0.349 e. The number of aryl methyl sites for hydroxylation is 1. The summed E-state index contributed by atoms with van der Waals surface area (Å²) in [5.41, 5.74) is 2.43. The number of carbonyl (C=O) groups excluding carboxylic acids is 1. The third kappa shape index (κ3) is 2.33. The Kier molecular flexibility index (Phi) is 3.09. The van der Waals surface area contributed by atoms with Gasteiger partial charge in [-0.15, -0.1) is 0 Å². The lowest BCUT2D eigenvalue weighted by Gasteiger charge is -2.09. The van der Waals surface area contributed by atoms with Crippen LogP contribution >= 0.6 is 0 Å². The SMILES string of the molecule is Cn1ccc2cccc(NC(=O)Nc3cccnc3)c21. The van der Waals surface area contributed by atoms with Crippen molar-refractivity contribution in [3.63, 3.8) is 0 Å². The van der Waals surface area contributed by atoms with Gasteiger partial charge in [-0.1, -0.05) is 12.1 Å². The zero-order valence-electron chi connectivity index (χ0n) is 11.0. The first-order valence-corrected chi connectivity index (χ1v) is 6.26. The molecule has 2 heterocycles. The molecule has 3 aromatic rings. The Labute approximate surface area is 116 Å². The minimum absolute atomic E-state index is 0.285. The van der Waals surface area contributed by atoms with Crippen LogP contribution in [0.25, 0.3) is 10.9 Å². The van der Waals surface area contributed by atoms with Crippen molar-refractivity contribution in [2.45, 2.75) is 0 Å². The summed E-state index contributed by atoms with van der Waals surface area (Å²) in [6.07, 6.45) is 5.23. The first-order valence-electron chi connectivity index (χ1n) is 6.26. The summed E-state index contributed by atoms with van der Waals surface area (Å²) in [5.74, 6) is 0. The van der Waals surface area contributed by atoms with Gasteiger partial charge in [0.05, 0.1) is 23.1 Å². The van der Waals surface area contributed by atoms with Crippen LogP contribution < -0.4 is 10.6 Å². The molecule has 1 aromatic carbocycles. The Morgan fingerprint density at radius 1 is 1.15 bits per heavy atom. The van der Waals surface area contributed by atoms with Crippen molar-refractivity contribution in [3.05, 3.63) is 55.0 Å². The smallest absolute Gasteiger partial charge is 0.323 e. The summed E-state index contributed by atoms with van der Waals surface area (Å²) < 4.78 is 1.98. The Bertz CT molecular complexity index is 749. The van der Waals surface area contributed by atoms with E-state index < -0.39 is 0 Å². The van der Waals surface area contributed by atoms with Gasteiger partial charge in [0.15, 0.2) is 0 Å². The second kappa shape index (κ2) is 5.05. The molecule has 3 rings (SSSR count). The number of aromatic nitrogens is 2. The minimum Gasteiger partial charge on any atom is -0.349 e. The normalized spacial score (nSPS) is 10.4. The third-order valence-corrected chi connectivity index (χ3v) is 3.07. The van der Waals surface area contributed by atoms with Crippen LogP contribution in [-0.2, 0) is 7.05 Å². The summed E-state index contributed by atoms with van der Waals surface area (Å²) in [6.45, 7) is 0. The average molecular weight is 266 g/mol. The lowest BCUT2D eigenvalue weighted by molar-refractivity contribution is 0.262. The number of hydrogen-bond donors (Lipinski definition) is 2. The first-order chi connectivity index (χ1) is 9.74. The number of benzene rings is 1. The van der Waals surface area contributed by atoms with E-state index in [0.29, 0.717) is 5.69 Å². The van der Waals surface area contributed by atoms with Crippen molar-refractivity contribution in [2.75, 3.05) is 10.6 Å². The summed E-state index contributed by atoms with van der Waals surface area (Å²) >= 11 is 0. The number of rotatable bonds is 2. The van der Waals surface area contributed by atoms with Crippen LogP contribution in [0.1, 0.15) is 0 Å². The summed E-state index contributed by atoms with van der Waals surface area (Å²) in [5, 5.41) is 6.70. The summed E-state index contributed by atoms with van der Waals surface area (Å²) in [6, 6.07) is 11.1. The van der Waals surface area contributed by atoms with E-state index in [9.17, 15) is 4.79 Å². The molecule has 0 saturated carbocycles. The highest BCUT2D eigenvalue weighted by molar-refractivity contribution is 6.05. The van der Waals surface area contributed by atoms with Crippen LogP contribution in [0.3, 0.4) is 0 Å². The van der Waals surface area contributed by atoms with Crippen molar-refractivity contribution in [2.24, 2.45) is 7.05 Å². The van der Waals surface area contributed by atoms with Gasteiger partial charge in [-0.05, 0) is 24.3 Å². The molecule has 0 aliphatic heterocycles. The number of fused-ring (bicyclic) bond motifs is 1. The minimum atomic E-state index is -0.285. The number of pyridine rings is 1. The molecular weight excluding hydrogens is 252 g/mol. The highest BCUT2D eigenvalue weighted by Crippen LogP contribution is 2.23. The maximum Gasteiger partial charge on any atom is 0.323 e. The molecule has 2 aromatic heterocycles. The predicted octanol–water partition coefficient (Wildman–Crippen LogP) is 3.22. The number of urea groups is 1. The van der Waals surface area contributed by atoms with E-state index in [4.69, 9.17) is 0 Å². The number of para-hydroxylation sites is 1. The number of amides is 2. The number of carbonyl (C=O) groups is 1. The zero-order chi connectivity index (χ0) is 13.9. The fraction of sp³-hybridized carbons (Fsp3) is 0.0667. The number of nitrogens with zero attached hydrogens (tertiary/aromatic N) is 2. The molecule has 0 aliphatic carbocycles. The maximum atomic E-state index is 12.0. The van der Waals surface area contributed by atoms with Gasteiger partial charge in [0, 0.05) is 24.8 Å². The average Bonchev–Trinajstić information content (AvgIpc) is 2.83. The first kappa shape index (κ1) is 12.2. The fourth-order valence-electron chi connectivity index (χ4n) is 2.18. The Morgan fingerprint density at radius 3 is 2.85 bits per heavy atom. The molecule has 0 radical (unpaired) electrons. The van der Waals surface area contributed by atoms with E-state index in [1.807, 2.05) is 42.1 Å². The second-order valence-corrected chi connectivity index (χ2v) is 4.49. The van der Waals surface area contributed by atoms with Crippen LogP contribution in [0.5, 0.6) is 0 Å². The molecule has 0 aliphatic rings. The highest BCUT2D eigenvalue weighted by atomic mass is 16.2. The molecule has 2 N–H and O–H groups in total. The molecular formula is C15H14N4O. The molecule has 0 spiro atoms. The van der Waals surface area contributed by atoms with Gasteiger partial charge in [-0.25, -0.2) is 4.79 Å². The highest BCUT2D eigenvalue weighted by Gasteiger charge is 2.08. The Morgan fingerprint density at radius 2 is 2.05 bits per heavy atom. The van der Waals surface area contributed by atoms with Gasteiger partial charge >= 0.3 is 6.03 Å². The fourth-order valence-corrected chi connectivity index (χ4v) is 2.18. The van der Waals surface area contributed by atoms with Gasteiger partial charge in [0.1, 0.15) is 0 Å². The topological polar surface area (TPSA) is 59.0 Å². The van der Waals surface area contributed by atoms with Crippen molar-refractivity contribution < 1.29 is 4.79 Å². The van der Waals surface area contributed by atoms with Gasteiger partial charge in [-0.3, -0.25) is 4.98 Å². The van der Waals surface area contributed by atoms with E-state index in [-0.39, 0.29) is 6.03 Å². The van der Waals surface area contributed by atoms with Crippen molar-refractivity contribution in [1.82, 2.24) is 9.55 Å². The van der Waals surface area contributed by atoms with Crippen LogP contribution in [0.2, 0.25) is 0 Å². The molecule has 5 heteroatoms. The third-order valence-electron chi connectivity index (χ3n) is 3.07. The molecule has 0 unspecified atom stereocenters. The molecule has 2 amide bonds. The molecule has 20 heavy (non-hydrogen) atoms. The molecule has 0 bridgehead atoms. The van der Waals surface area contributed by atoms with E-state index in [1.165, 1.54) is 0 Å². The van der Waals surface area contributed by atoms with Crippen molar-refractivity contribution >= 4 is 28.3 Å². The van der Waals surface area contributed by atoms with Crippen LogP contribution in [0.4, 0.5) is 16.2 Å². The molecule has 0 saturated heterocycles. The monoisotopic (exact) mass is 266 g/mol. The number of anilines is 2. The predicted molar refractivity (Wildman–Crippen MR) is 79.8 cm³/mol. The zero-order valence-corrected chi connectivity index (χ0v) is 11.0. The molecule has 0 atom stereocenters. The summed E-state index contributed by atoms with van der Waals surface area (Å²) in [7, 11) is 1.95. The van der Waals surface area contributed by atoms with E-state index >= 15 is 0 Å². The Balaban J connectivity index is 1.83. The lowest BCUT2D eigenvalue weighted by Crippen LogP contribution is -2.19. The number of nitrogens with one attached hydrogen (secondary N) is 2. The Hall–Kier alpha value is -2.82. The quantitative estimate of drug-likeness (QED) is 0.748. The molecule has 5 nitrogen and oxygen atoms in total. The van der Waals surface area contributed by atoms with Crippen LogP contribution in [0, 0.1) is 0 Å². The van der Waals surface area contributed by atoms with Gasteiger partial charge in [-0.2, -0.15) is 0 Å². The van der Waals surface area contributed by atoms with Gasteiger partial charge < -0.3 is 15.2 Å². The molecule has 0 fully saturated rings. The maximum absolute atomic E-state index is 12.0. The van der Waals surface area contributed by atoms with E-state index in [0.717, 1.165) is 16.6 Å². The van der Waals surface area contributed by atoms with Crippen LogP contribution in [0.15, 0.2) is 55.0 Å². The standard InChI is InChI=1S/C15H14N4O/c1-19-9-7-11-4-2-6-13(14(11)19)18-15(20)17-12-5-3-8-16-10-12/h2-10H,1H3,(H2,17,18,20). The molecule has 100 valence electrons. The van der Waals surface area contributed by atoms with Gasteiger partial charge in [0.2, 0.25) is 0 Å². The van der Waals surface area contributed by atoms with Crippen molar-refractivity contribution in [3.8, 4) is 0 Å². The van der Waals surface area contributed by atoms with E-state index in [2.05, 4.69) is 15.6 Å². The lowest BCUT2D eigenvalue weighted by atomic mass is 10.2. The number of hydrogen-bond acceptors (Lipinski definition) is 2. The van der Waals surface area contributed by atoms with E-state index in [1.54, 1.807) is 24.5 Å². The summed E-state index contributed by atoms with van der Waals surface area (Å²) in [4.78, 5) is 16.0. The van der Waals surface area contributed by atoms with Crippen molar-refractivity contribution in [1.29, 1.82) is 0 Å². The van der Waals surface area contributed by atoms with Crippen LogP contribution in [-0.4, -0.2) is 15.6 Å². The second-order valence-electron chi connectivity index (χ2n) is 4.49. The van der Waals surface area contributed by atoms with Gasteiger partial charge in [0.25, 0.3) is 0 Å².